The van der Waals surface area contributed by atoms with Gasteiger partial charge in [0, 0.05) is 24.1 Å². The van der Waals surface area contributed by atoms with Crippen LogP contribution in [0.2, 0.25) is 5.02 Å². The molecule has 134 valence electrons. The summed E-state index contributed by atoms with van der Waals surface area (Å²) in [5.41, 5.74) is 7.67. The maximum absolute atomic E-state index is 12.1. The van der Waals surface area contributed by atoms with Gasteiger partial charge in [-0.3, -0.25) is 9.36 Å². The van der Waals surface area contributed by atoms with Crippen molar-refractivity contribution in [3.8, 4) is 11.3 Å². The van der Waals surface area contributed by atoms with Crippen molar-refractivity contribution >= 4 is 34.4 Å². The number of carbonyl (C=O) groups excluding carboxylic acids is 1. The summed E-state index contributed by atoms with van der Waals surface area (Å²) in [5.74, 6) is -0.00886. The lowest BCUT2D eigenvalue weighted by molar-refractivity contribution is 0.0446. The number of aliphatic hydroxyl groups is 1. The van der Waals surface area contributed by atoms with E-state index in [2.05, 4.69) is 9.97 Å². The predicted octanol–water partition coefficient (Wildman–Crippen LogP) is 3.76. The second kappa shape index (κ2) is 6.07. The Balaban J connectivity index is 1.99. The average molecular weight is 371 g/mol. The number of nitrogens with two attached hydrogens (primary N) is 1. The highest BCUT2D eigenvalue weighted by Gasteiger charge is 2.33. The largest absolute Gasteiger partial charge is 0.385 e. The lowest BCUT2D eigenvalue weighted by Gasteiger charge is -2.23. The molecule has 0 amide bonds. The Hall–Kier alpha value is -2.44. The summed E-state index contributed by atoms with van der Waals surface area (Å²) in [6, 6.07) is 5.70. The molecule has 0 bridgehead atoms. The molecule has 2 heterocycles. The molecule has 0 aliphatic heterocycles. The van der Waals surface area contributed by atoms with Gasteiger partial charge >= 0.3 is 0 Å². The minimum absolute atomic E-state index is 0.110. The second-order valence-corrected chi connectivity index (χ2v) is 7.23. The van der Waals surface area contributed by atoms with E-state index in [1.54, 1.807) is 10.8 Å². The van der Waals surface area contributed by atoms with E-state index < -0.39 is 5.60 Å². The monoisotopic (exact) mass is 370 g/mol. The summed E-state index contributed by atoms with van der Waals surface area (Å²) in [4.78, 5) is 20.2. The molecular formula is C19H19ClN4O2. The van der Waals surface area contributed by atoms with Crippen molar-refractivity contribution in [3.05, 3.63) is 41.2 Å². The fourth-order valence-electron chi connectivity index (χ4n) is 3.79. The quantitative estimate of drug-likeness (QED) is 0.716. The smallest absolute Gasteiger partial charge is 0.227 e. The number of anilines is 1. The van der Waals surface area contributed by atoms with Crippen molar-refractivity contribution in [1.82, 2.24) is 14.5 Å². The standard InChI is InChI=1S/C19H19ClN4O2/c1-11(25)24-10-14(17-15(20)9-22-18(21)23-17)13-8-12(4-5-16(13)24)19(26)6-2-3-7-19/h4-5,8-10,26H,2-3,6-7H2,1H3,(H2,21,22,23). The summed E-state index contributed by atoms with van der Waals surface area (Å²) in [7, 11) is 0. The van der Waals surface area contributed by atoms with Gasteiger partial charge in [-0.1, -0.05) is 30.5 Å². The van der Waals surface area contributed by atoms with Gasteiger partial charge < -0.3 is 10.8 Å². The van der Waals surface area contributed by atoms with E-state index in [1.165, 1.54) is 13.1 Å². The van der Waals surface area contributed by atoms with Crippen LogP contribution >= 0.6 is 11.6 Å². The molecular weight excluding hydrogens is 352 g/mol. The summed E-state index contributed by atoms with van der Waals surface area (Å²) in [5, 5.41) is 12.1. The molecule has 26 heavy (non-hydrogen) atoms. The molecule has 2 aromatic heterocycles. The number of nitrogen functional groups attached to an aromatic ring is 1. The summed E-state index contributed by atoms with van der Waals surface area (Å²) >= 11 is 6.29. The Morgan fingerprint density at radius 2 is 2.08 bits per heavy atom. The Bertz CT molecular complexity index is 1020. The van der Waals surface area contributed by atoms with Gasteiger partial charge in [0.05, 0.1) is 28.0 Å². The molecule has 1 aromatic carbocycles. The van der Waals surface area contributed by atoms with E-state index in [1.807, 2.05) is 18.2 Å². The minimum atomic E-state index is -0.821. The molecule has 1 fully saturated rings. The summed E-state index contributed by atoms with van der Waals surface area (Å²) in [6.07, 6.45) is 6.65. The van der Waals surface area contributed by atoms with Crippen LogP contribution in [-0.4, -0.2) is 25.5 Å². The SMILES string of the molecule is CC(=O)n1cc(-c2nc(N)ncc2Cl)c2cc(C3(O)CCCC3)ccc21. The Morgan fingerprint density at radius 3 is 2.77 bits per heavy atom. The molecule has 3 N–H and O–H groups in total. The van der Waals surface area contributed by atoms with E-state index in [4.69, 9.17) is 17.3 Å². The molecule has 4 rings (SSSR count). The zero-order valence-corrected chi connectivity index (χ0v) is 15.1. The van der Waals surface area contributed by atoms with Crippen molar-refractivity contribution in [1.29, 1.82) is 0 Å². The predicted molar refractivity (Wildman–Crippen MR) is 101 cm³/mol. The normalized spacial score (nSPS) is 16.3. The first kappa shape index (κ1) is 17.0. The number of benzene rings is 1. The highest BCUT2D eigenvalue weighted by molar-refractivity contribution is 6.33. The third-order valence-electron chi connectivity index (χ3n) is 5.13. The fraction of sp³-hybridized carbons (Fsp3) is 0.316. The highest BCUT2D eigenvalue weighted by Crippen LogP contribution is 2.41. The number of carbonyl (C=O) groups is 1. The van der Waals surface area contributed by atoms with E-state index in [0.29, 0.717) is 16.3 Å². The van der Waals surface area contributed by atoms with Crippen LogP contribution < -0.4 is 5.73 Å². The molecule has 7 heteroatoms. The number of hydrogen-bond acceptors (Lipinski definition) is 5. The Morgan fingerprint density at radius 1 is 1.35 bits per heavy atom. The number of hydrogen-bond donors (Lipinski definition) is 2. The van der Waals surface area contributed by atoms with Crippen molar-refractivity contribution in [2.75, 3.05) is 5.73 Å². The van der Waals surface area contributed by atoms with E-state index >= 15 is 0 Å². The van der Waals surface area contributed by atoms with Crippen LogP contribution in [0.3, 0.4) is 0 Å². The number of nitrogens with zero attached hydrogens (tertiary/aromatic N) is 3. The molecule has 0 atom stereocenters. The van der Waals surface area contributed by atoms with Gasteiger partial charge in [-0.15, -0.1) is 0 Å². The van der Waals surface area contributed by atoms with Gasteiger partial charge in [0.25, 0.3) is 0 Å². The number of fused-ring (bicyclic) bond motifs is 1. The van der Waals surface area contributed by atoms with Crippen molar-refractivity contribution in [2.45, 2.75) is 38.2 Å². The minimum Gasteiger partial charge on any atom is -0.385 e. The molecule has 1 aliphatic rings. The fourth-order valence-corrected chi connectivity index (χ4v) is 3.98. The summed E-state index contributed by atoms with van der Waals surface area (Å²) < 4.78 is 1.56. The zero-order chi connectivity index (χ0) is 18.5. The Labute approximate surface area is 155 Å². The number of rotatable bonds is 2. The number of aromatic nitrogens is 3. The molecule has 6 nitrogen and oxygen atoms in total. The van der Waals surface area contributed by atoms with E-state index in [-0.39, 0.29) is 11.9 Å². The average Bonchev–Trinajstić information content (AvgIpc) is 3.21. The topological polar surface area (TPSA) is 94.0 Å². The lowest BCUT2D eigenvalue weighted by atomic mass is 9.91. The first-order valence-electron chi connectivity index (χ1n) is 8.56. The molecule has 0 saturated heterocycles. The maximum atomic E-state index is 12.1. The first-order valence-corrected chi connectivity index (χ1v) is 8.94. The Kier molecular flexibility index (Phi) is 3.97. The first-order chi connectivity index (χ1) is 12.4. The van der Waals surface area contributed by atoms with Crippen LogP contribution in [0.5, 0.6) is 0 Å². The molecule has 3 aromatic rings. The zero-order valence-electron chi connectivity index (χ0n) is 14.4. The van der Waals surface area contributed by atoms with Gasteiger partial charge in [0.15, 0.2) is 0 Å². The van der Waals surface area contributed by atoms with Gasteiger partial charge in [0.1, 0.15) is 0 Å². The van der Waals surface area contributed by atoms with E-state index in [0.717, 1.165) is 42.1 Å². The van der Waals surface area contributed by atoms with Crippen molar-refractivity contribution in [2.24, 2.45) is 0 Å². The third kappa shape index (κ3) is 2.66. The van der Waals surface area contributed by atoms with Crippen molar-refractivity contribution < 1.29 is 9.90 Å². The van der Waals surface area contributed by atoms with Gasteiger partial charge in [-0.2, -0.15) is 0 Å². The molecule has 0 radical (unpaired) electrons. The van der Waals surface area contributed by atoms with Gasteiger partial charge in [0.2, 0.25) is 11.9 Å². The van der Waals surface area contributed by atoms with E-state index in [9.17, 15) is 9.90 Å². The van der Waals surface area contributed by atoms with Crippen molar-refractivity contribution in [3.63, 3.8) is 0 Å². The van der Waals surface area contributed by atoms with Gasteiger partial charge in [-0.05, 0) is 30.5 Å². The van der Waals surface area contributed by atoms with Crippen LogP contribution in [0.25, 0.3) is 22.2 Å². The van der Waals surface area contributed by atoms with Crippen LogP contribution in [-0.2, 0) is 5.60 Å². The molecule has 0 spiro atoms. The highest BCUT2D eigenvalue weighted by atomic mass is 35.5. The maximum Gasteiger partial charge on any atom is 0.227 e. The molecule has 1 saturated carbocycles. The third-order valence-corrected chi connectivity index (χ3v) is 5.41. The molecule has 1 aliphatic carbocycles. The number of halogens is 1. The lowest BCUT2D eigenvalue weighted by Crippen LogP contribution is -2.20. The van der Waals surface area contributed by atoms with Crippen LogP contribution in [0.15, 0.2) is 30.6 Å². The van der Waals surface area contributed by atoms with Gasteiger partial charge in [-0.25, -0.2) is 9.97 Å². The van der Waals surface area contributed by atoms with Crippen LogP contribution in [0.4, 0.5) is 5.95 Å². The summed E-state index contributed by atoms with van der Waals surface area (Å²) in [6.45, 7) is 1.50. The van der Waals surface area contributed by atoms with Crippen LogP contribution in [0.1, 0.15) is 43.0 Å². The second-order valence-electron chi connectivity index (χ2n) is 6.83. The molecule has 0 unspecified atom stereocenters. The van der Waals surface area contributed by atoms with Crippen LogP contribution in [0, 0.1) is 0 Å².